The normalized spacial score (nSPS) is 18.1. The number of nitrogens with two attached hydrogens (primary N) is 1. The lowest BCUT2D eigenvalue weighted by atomic mass is 10.3. The van der Waals surface area contributed by atoms with Gasteiger partial charge in [0.05, 0.1) is 0 Å². The second-order valence-electron chi connectivity index (χ2n) is 3.00. The Kier molecular flexibility index (Phi) is 5.59. The van der Waals surface area contributed by atoms with Gasteiger partial charge in [-0.2, -0.15) is 0 Å². The van der Waals surface area contributed by atoms with Crippen LogP contribution < -0.4 is 30.1 Å². The standard InChI is InChI=1S/C7H11NO2.2ClH/c1-5(9)6-4-10-7(2,3)8-6;;/h4,8H,1-3H3;2*1H/p-1. The van der Waals surface area contributed by atoms with E-state index < -0.39 is 0 Å². The van der Waals surface area contributed by atoms with E-state index in [0.29, 0.717) is 5.70 Å². The first kappa shape index (κ1) is 14.3. The van der Waals surface area contributed by atoms with Crippen molar-refractivity contribution in [1.82, 2.24) is 0 Å². The van der Waals surface area contributed by atoms with Crippen LogP contribution in [-0.2, 0) is 9.53 Å². The molecule has 0 unspecified atom stereocenters. The third kappa shape index (κ3) is 3.43. The number of carbonyl (C=O) groups excluding carboxylic acids is 1. The van der Waals surface area contributed by atoms with E-state index >= 15 is 0 Å². The number of allylic oxidation sites excluding steroid dienone is 1. The second-order valence-corrected chi connectivity index (χ2v) is 3.00. The van der Waals surface area contributed by atoms with Crippen molar-refractivity contribution in [3.05, 3.63) is 12.0 Å². The molecule has 0 aromatic heterocycles. The number of halogens is 2. The van der Waals surface area contributed by atoms with E-state index in [2.05, 4.69) is 0 Å². The monoisotopic (exact) mass is 212 g/mol. The Morgan fingerprint density at radius 3 is 2.17 bits per heavy atom. The van der Waals surface area contributed by atoms with Crippen molar-refractivity contribution in [2.24, 2.45) is 0 Å². The molecule has 0 radical (unpaired) electrons. The molecule has 1 aliphatic rings. The van der Waals surface area contributed by atoms with E-state index in [1.165, 1.54) is 13.2 Å². The minimum atomic E-state index is -0.291. The van der Waals surface area contributed by atoms with Crippen molar-refractivity contribution in [3.8, 4) is 0 Å². The van der Waals surface area contributed by atoms with Gasteiger partial charge in [0, 0.05) is 20.8 Å². The fraction of sp³-hybridized carbons (Fsp3) is 0.571. The van der Waals surface area contributed by atoms with Gasteiger partial charge < -0.3 is 29.6 Å². The third-order valence-corrected chi connectivity index (χ3v) is 1.40. The highest BCUT2D eigenvalue weighted by Gasteiger charge is 2.32. The van der Waals surface area contributed by atoms with E-state index in [1.807, 2.05) is 19.2 Å². The van der Waals surface area contributed by atoms with Crippen molar-refractivity contribution in [3.63, 3.8) is 0 Å². The van der Waals surface area contributed by atoms with Gasteiger partial charge in [0.2, 0.25) is 17.2 Å². The third-order valence-electron chi connectivity index (χ3n) is 1.40. The summed E-state index contributed by atoms with van der Waals surface area (Å²) in [6, 6.07) is 0. The molecule has 0 atom stereocenters. The number of rotatable bonds is 1. The van der Waals surface area contributed by atoms with E-state index in [0.717, 1.165) is 0 Å². The predicted molar refractivity (Wildman–Crippen MR) is 35.9 cm³/mol. The first-order valence-corrected chi connectivity index (χ1v) is 3.26. The van der Waals surface area contributed by atoms with Gasteiger partial charge in [0.1, 0.15) is 0 Å². The van der Waals surface area contributed by atoms with Gasteiger partial charge in [-0.25, -0.2) is 0 Å². The molecule has 0 aromatic rings. The minimum Gasteiger partial charge on any atom is -1.00 e. The van der Waals surface area contributed by atoms with Crippen LogP contribution >= 0.6 is 0 Å². The van der Waals surface area contributed by atoms with E-state index in [4.69, 9.17) is 4.74 Å². The molecule has 12 heavy (non-hydrogen) atoms. The Morgan fingerprint density at radius 2 is 2.00 bits per heavy atom. The molecule has 1 heterocycles. The largest absolute Gasteiger partial charge is 1.00 e. The van der Waals surface area contributed by atoms with Gasteiger partial charge in [0.25, 0.3) is 0 Å². The Labute approximate surface area is 84.4 Å². The molecule has 2 N–H and O–H groups in total. The van der Waals surface area contributed by atoms with Gasteiger partial charge in [-0.1, -0.05) is 0 Å². The van der Waals surface area contributed by atoms with Crippen LogP contribution in [0.2, 0.25) is 0 Å². The van der Waals surface area contributed by atoms with E-state index in [9.17, 15) is 4.79 Å². The highest BCUT2D eigenvalue weighted by atomic mass is 35.5. The predicted octanol–water partition coefficient (Wildman–Crippen LogP) is -6.25. The highest BCUT2D eigenvalue weighted by Crippen LogP contribution is 2.06. The summed E-state index contributed by atoms with van der Waals surface area (Å²) >= 11 is 0. The fourth-order valence-electron chi connectivity index (χ4n) is 0.842. The molecule has 0 fully saturated rings. The van der Waals surface area contributed by atoms with Crippen LogP contribution in [0.5, 0.6) is 0 Å². The van der Waals surface area contributed by atoms with Gasteiger partial charge in [-0.05, 0) is 0 Å². The molecular weight excluding hydrogens is 201 g/mol. The van der Waals surface area contributed by atoms with Crippen LogP contribution in [0.1, 0.15) is 20.8 Å². The maximum Gasteiger partial charge on any atom is 0.238 e. The summed E-state index contributed by atoms with van der Waals surface area (Å²) in [5.74, 6) is 0.0607. The molecule has 0 saturated heterocycles. The zero-order chi connectivity index (χ0) is 7.78. The van der Waals surface area contributed by atoms with Crippen LogP contribution in [0.15, 0.2) is 12.0 Å². The van der Waals surface area contributed by atoms with Crippen molar-refractivity contribution in [1.29, 1.82) is 0 Å². The highest BCUT2D eigenvalue weighted by molar-refractivity contribution is 5.90. The first-order chi connectivity index (χ1) is 4.51. The van der Waals surface area contributed by atoms with E-state index in [1.54, 1.807) is 0 Å². The van der Waals surface area contributed by atoms with Crippen LogP contribution in [0.3, 0.4) is 0 Å². The Balaban J connectivity index is 0. The molecule has 0 bridgehead atoms. The second kappa shape index (κ2) is 4.70. The Hall–Kier alpha value is -0.250. The van der Waals surface area contributed by atoms with Gasteiger partial charge in [-0.15, -0.1) is 0 Å². The summed E-state index contributed by atoms with van der Waals surface area (Å²) in [5, 5.41) is 1.83. The number of hydrogen-bond donors (Lipinski definition) is 1. The number of carbonyl (C=O) groups is 1. The van der Waals surface area contributed by atoms with Crippen LogP contribution in [0.25, 0.3) is 0 Å². The molecular formula is C7H12Cl2NO2-. The van der Waals surface area contributed by atoms with Crippen molar-refractivity contribution in [2.75, 3.05) is 0 Å². The lowest BCUT2D eigenvalue weighted by Crippen LogP contribution is -3.00. The number of ether oxygens (including phenoxy) is 1. The molecule has 1 rings (SSSR count). The number of ketones is 1. The molecule has 5 heteroatoms. The molecule has 0 saturated carbocycles. The lowest BCUT2D eigenvalue weighted by Gasteiger charge is -2.13. The summed E-state index contributed by atoms with van der Waals surface area (Å²) in [4.78, 5) is 10.8. The van der Waals surface area contributed by atoms with Crippen molar-refractivity contribution >= 4 is 5.78 Å². The quantitative estimate of drug-likeness (QED) is 0.471. The summed E-state index contributed by atoms with van der Waals surface area (Å²) in [6.45, 7) is 5.37. The first-order valence-electron chi connectivity index (χ1n) is 3.26. The van der Waals surface area contributed by atoms with Crippen LogP contribution in [0, 0.1) is 0 Å². The molecule has 1 aliphatic heterocycles. The smallest absolute Gasteiger partial charge is 0.238 e. The summed E-state index contributed by atoms with van der Waals surface area (Å²) < 4.78 is 5.18. The zero-order valence-electron chi connectivity index (χ0n) is 7.23. The van der Waals surface area contributed by atoms with Gasteiger partial charge >= 0.3 is 0 Å². The maximum absolute atomic E-state index is 10.8. The molecule has 72 valence electrons. The maximum atomic E-state index is 10.8. The summed E-state index contributed by atoms with van der Waals surface area (Å²) in [5.41, 5.74) is 0.381. The Morgan fingerprint density at radius 1 is 1.50 bits per heavy atom. The molecule has 0 aliphatic carbocycles. The molecule has 0 spiro atoms. The number of Topliss-reactive ketones (excluding diaryl/α,β-unsaturated/α-hetero) is 1. The summed E-state index contributed by atoms with van der Waals surface area (Å²) in [6.07, 6.45) is 1.52. The van der Waals surface area contributed by atoms with E-state index in [-0.39, 0.29) is 36.3 Å². The van der Waals surface area contributed by atoms with Gasteiger partial charge in [-0.3, -0.25) is 10.1 Å². The molecule has 0 amide bonds. The van der Waals surface area contributed by atoms with Crippen molar-refractivity contribution < 1.29 is 39.7 Å². The van der Waals surface area contributed by atoms with Gasteiger partial charge in [0.15, 0.2) is 6.26 Å². The minimum absolute atomic E-state index is 0. The topological polar surface area (TPSA) is 42.9 Å². The fourth-order valence-corrected chi connectivity index (χ4v) is 0.842. The molecule has 3 nitrogen and oxygen atoms in total. The average molecular weight is 213 g/mol. The average Bonchev–Trinajstić information content (AvgIpc) is 2.10. The molecule has 0 aromatic carbocycles. The number of quaternary nitrogens is 1. The number of hydrogen-bond acceptors (Lipinski definition) is 2. The lowest BCUT2D eigenvalue weighted by molar-refractivity contribution is -0.697. The summed E-state index contributed by atoms with van der Waals surface area (Å²) in [7, 11) is 0. The Bertz CT molecular complexity index is 202. The van der Waals surface area contributed by atoms with Crippen LogP contribution in [0.4, 0.5) is 0 Å². The zero-order valence-corrected chi connectivity index (χ0v) is 8.74. The van der Waals surface area contributed by atoms with Crippen LogP contribution in [-0.4, -0.2) is 11.5 Å². The SMILES string of the molecule is CC(=O)C1=COC(C)(C)[NH2+]1.[Cl-].[Cl-]. The van der Waals surface area contributed by atoms with Crippen molar-refractivity contribution in [2.45, 2.75) is 26.5 Å².